The van der Waals surface area contributed by atoms with Crippen LogP contribution in [0.1, 0.15) is 30.9 Å². The Balaban J connectivity index is 1.47. The molecule has 2 aromatic carbocycles. The molecule has 1 unspecified atom stereocenters. The molecule has 4 rings (SSSR count). The Morgan fingerprint density at radius 3 is 2.77 bits per heavy atom. The number of fused-ring (bicyclic) bond motifs is 1. The lowest BCUT2D eigenvalue weighted by atomic mass is 10.1. The Bertz CT molecular complexity index is 899. The van der Waals surface area contributed by atoms with Crippen molar-refractivity contribution in [3.05, 3.63) is 53.6 Å². The van der Waals surface area contributed by atoms with Crippen LogP contribution in [0.4, 0.5) is 5.69 Å². The molecule has 6 nitrogen and oxygen atoms in total. The second-order valence-electron chi connectivity index (χ2n) is 8.36. The van der Waals surface area contributed by atoms with Crippen LogP contribution in [0.25, 0.3) is 0 Å². The molecule has 0 spiro atoms. The zero-order chi connectivity index (χ0) is 21.5. The van der Waals surface area contributed by atoms with Crippen molar-refractivity contribution in [1.82, 2.24) is 10.2 Å². The molecule has 0 aliphatic carbocycles. The number of benzene rings is 2. The van der Waals surface area contributed by atoms with Crippen LogP contribution in [0.3, 0.4) is 0 Å². The Morgan fingerprint density at radius 1 is 1.13 bits per heavy atom. The van der Waals surface area contributed by atoms with Crippen molar-refractivity contribution >= 4 is 11.6 Å². The molecule has 0 radical (unpaired) electrons. The van der Waals surface area contributed by atoms with E-state index in [0.717, 1.165) is 49.2 Å². The van der Waals surface area contributed by atoms with Crippen LogP contribution in [0, 0.1) is 12.8 Å². The Labute approximate surface area is 185 Å². The molecule has 0 aromatic heterocycles. The molecule has 31 heavy (non-hydrogen) atoms. The van der Waals surface area contributed by atoms with Gasteiger partial charge >= 0.3 is 0 Å². The number of aryl methyl sites for hydroxylation is 1. The number of guanidine groups is 1. The number of nitrogens with zero attached hydrogens (tertiary/aromatic N) is 2. The Kier molecular flexibility index (Phi) is 7.30. The molecular formula is C25H34N4O2. The van der Waals surface area contributed by atoms with Crippen LogP contribution in [-0.2, 0) is 6.54 Å². The van der Waals surface area contributed by atoms with Gasteiger partial charge in [0.05, 0.1) is 19.8 Å². The van der Waals surface area contributed by atoms with Crippen LogP contribution in [0.5, 0.6) is 11.5 Å². The molecule has 6 heteroatoms. The van der Waals surface area contributed by atoms with Crippen LogP contribution >= 0.6 is 0 Å². The first-order valence-electron chi connectivity index (χ1n) is 11.4. The number of likely N-dealkylation sites (tertiary alicyclic amines) is 1. The summed E-state index contributed by atoms with van der Waals surface area (Å²) in [5.41, 5.74) is 3.44. The molecule has 0 saturated carbocycles. The van der Waals surface area contributed by atoms with E-state index in [0.29, 0.717) is 25.7 Å². The molecule has 0 bridgehead atoms. The SMILES string of the molecule is CCN1CCC(CNC(=NCc2ccccc2C)Nc2ccc3c(c2)OCCCO3)C1. The zero-order valence-corrected chi connectivity index (χ0v) is 18.7. The van der Waals surface area contributed by atoms with Crippen molar-refractivity contribution in [2.24, 2.45) is 10.9 Å². The van der Waals surface area contributed by atoms with Gasteiger partial charge in [-0.2, -0.15) is 0 Å². The third-order valence-corrected chi connectivity index (χ3v) is 6.05. The summed E-state index contributed by atoms with van der Waals surface area (Å²) in [5.74, 6) is 3.04. The highest BCUT2D eigenvalue weighted by Gasteiger charge is 2.21. The molecule has 166 valence electrons. The van der Waals surface area contributed by atoms with Crippen molar-refractivity contribution in [3.8, 4) is 11.5 Å². The highest BCUT2D eigenvalue weighted by Crippen LogP contribution is 2.32. The largest absolute Gasteiger partial charge is 0.490 e. The average molecular weight is 423 g/mol. The molecule has 2 N–H and O–H groups in total. The highest BCUT2D eigenvalue weighted by atomic mass is 16.5. The van der Waals surface area contributed by atoms with E-state index in [1.165, 1.54) is 24.1 Å². The topological polar surface area (TPSA) is 58.1 Å². The van der Waals surface area contributed by atoms with E-state index in [9.17, 15) is 0 Å². The standard InChI is InChI=1S/C25H34N4O2/c1-3-29-12-11-20(18-29)16-26-25(27-17-21-8-5-4-7-19(21)2)28-22-9-10-23-24(15-22)31-14-6-13-30-23/h4-5,7-10,15,20H,3,6,11-14,16-18H2,1-2H3,(H2,26,27,28). The highest BCUT2D eigenvalue weighted by molar-refractivity contribution is 5.94. The summed E-state index contributed by atoms with van der Waals surface area (Å²) in [6, 6.07) is 14.4. The van der Waals surface area contributed by atoms with E-state index in [1.807, 2.05) is 18.2 Å². The average Bonchev–Trinajstić information content (AvgIpc) is 3.13. The molecule has 1 fully saturated rings. The Morgan fingerprint density at radius 2 is 1.97 bits per heavy atom. The quantitative estimate of drug-likeness (QED) is 0.543. The Hall–Kier alpha value is -2.73. The number of hydrogen-bond donors (Lipinski definition) is 2. The minimum Gasteiger partial charge on any atom is -0.490 e. The number of anilines is 1. The third-order valence-electron chi connectivity index (χ3n) is 6.05. The van der Waals surface area contributed by atoms with E-state index in [4.69, 9.17) is 14.5 Å². The summed E-state index contributed by atoms with van der Waals surface area (Å²) in [5, 5.41) is 7.06. The van der Waals surface area contributed by atoms with Crippen LogP contribution in [0.15, 0.2) is 47.5 Å². The van der Waals surface area contributed by atoms with Gasteiger partial charge in [0.25, 0.3) is 0 Å². The van der Waals surface area contributed by atoms with Crippen molar-refractivity contribution < 1.29 is 9.47 Å². The van der Waals surface area contributed by atoms with E-state index >= 15 is 0 Å². The van der Waals surface area contributed by atoms with Gasteiger partial charge in [-0.1, -0.05) is 31.2 Å². The van der Waals surface area contributed by atoms with Gasteiger partial charge in [0.15, 0.2) is 17.5 Å². The maximum Gasteiger partial charge on any atom is 0.196 e. The first-order chi connectivity index (χ1) is 15.2. The van der Waals surface area contributed by atoms with Gasteiger partial charge in [0.2, 0.25) is 0 Å². The number of aliphatic imine (C=N–C) groups is 1. The fourth-order valence-corrected chi connectivity index (χ4v) is 4.08. The van der Waals surface area contributed by atoms with Crippen molar-refractivity contribution in [2.45, 2.75) is 33.2 Å². The second kappa shape index (κ2) is 10.5. The normalized spacial score (nSPS) is 19.2. The number of rotatable bonds is 6. The minimum atomic E-state index is 0.637. The van der Waals surface area contributed by atoms with Gasteiger partial charge in [0.1, 0.15) is 0 Å². The second-order valence-corrected chi connectivity index (χ2v) is 8.36. The van der Waals surface area contributed by atoms with Gasteiger partial charge in [-0.05, 0) is 55.6 Å². The maximum atomic E-state index is 5.85. The molecule has 1 saturated heterocycles. The van der Waals surface area contributed by atoms with Gasteiger partial charge in [-0.15, -0.1) is 0 Å². The van der Waals surface area contributed by atoms with Gasteiger partial charge in [-0.25, -0.2) is 4.99 Å². The third kappa shape index (κ3) is 5.91. The summed E-state index contributed by atoms with van der Waals surface area (Å²) in [6.07, 6.45) is 2.13. The predicted octanol–water partition coefficient (Wildman–Crippen LogP) is 4.06. The number of ether oxygens (including phenoxy) is 2. The molecule has 2 aliphatic heterocycles. The van der Waals surface area contributed by atoms with E-state index in [2.05, 4.69) is 53.6 Å². The van der Waals surface area contributed by atoms with E-state index < -0.39 is 0 Å². The summed E-state index contributed by atoms with van der Waals surface area (Å²) in [4.78, 5) is 7.40. The molecule has 2 heterocycles. The van der Waals surface area contributed by atoms with Gasteiger partial charge in [0, 0.05) is 31.3 Å². The lowest BCUT2D eigenvalue weighted by molar-refractivity contribution is 0.297. The van der Waals surface area contributed by atoms with Gasteiger partial charge in [-0.3, -0.25) is 0 Å². The maximum absolute atomic E-state index is 5.85. The summed E-state index contributed by atoms with van der Waals surface area (Å²) in [7, 11) is 0. The van der Waals surface area contributed by atoms with Gasteiger partial charge < -0.3 is 25.0 Å². The lowest BCUT2D eigenvalue weighted by Gasteiger charge is -2.18. The summed E-state index contributed by atoms with van der Waals surface area (Å²) < 4.78 is 11.6. The summed E-state index contributed by atoms with van der Waals surface area (Å²) in [6.45, 7) is 10.8. The molecule has 0 amide bonds. The van der Waals surface area contributed by atoms with Crippen LogP contribution in [0.2, 0.25) is 0 Å². The van der Waals surface area contributed by atoms with E-state index in [1.54, 1.807) is 0 Å². The minimum absolute atomic E-state index is 0.637. The summed E-state index contributed by atoms with van der Waals surface area (Å²) >= 11 is 0. The smallest absolute Gasteiger partial charge is 0.196 e. The lowest BCUT2D eigenvalue weighted by Crippen LogP contribution is -2.35. The molecule has 1 atom stereocenters. The van der Waals surface area contributed by atoms with Crippen molar-refractivity contribution in [2.75, 3.05) is 44.7 Å². The number of nitrogens with one attached hydrogen (secondary N) is 2. The van der Waals surface area contributed by atoms with Crippen molar-refractivity contribution in [1.29, 1.82) is 0 Å². The zero-order valence-electron chi connectivity index (χ0n) is 18.7. The molecule has 2 aromatic rings. The van der Waals surface area contributed by atoms with Crippen LogP contribution < -0.4 is 20.1 Å². The fraction of sp³-hybridized carbons (Fsp3) is 0.480. The predicted molar refractivity (Wildman–Crippen MR) is 126 cm³/mol. The van der Waals surface area contributed by atoms with E-state index in [-0.39, 0.29) is 0 Å². The van der Waals surface area contributed by atoms with Crippen LogP contribution in [-0.4, -0.2) is 50.3 Å². The fourth-order valence-electron chi connectivity index (χ4n) is 4.08. The first-order valence-corrected chi connectivity index (χ1v) is 11.4. The molecular weight excluding hydrogens is 388 g/mol. The van der Waals surface area contributed by atoms with Crippen molar-refractivity contribution in [3.63, 3.8) is 0 Å². The number of hydrogen-bond acceptors (Lipinski definition) is 4. The molecule has 2 aliphatic rings. The monoisotopic (exact) mass is 422 g/mol. The first kappa shape index (κ1) is 21.5.